The molecule has 15 heavy (non-hydrogen) atoms. The van der Waals surface area contributed by atoms with E-state index in [0.29, 0.717) is 0 Å². The Balaban J connectivity index is 0.000000531. The van der Waals surface area contributed by atoms with Crippen LogP contribution in [0.2, 0.25) is 0 Å². The monoisotopic (exact) mass is 204 g/mol. The van der Waals surface area contributed by atoms with Crippen molar-refractivity contribution in [3.63, 3.8) is 0 Å². The van der Waals surface area contributed by atoms with Crippen molar-refractivity contribution in [1.82, 2.24) is 15.0 Å². The van der Waals surface area contributed by atoms with Gasteiger partial charge in [-0.1, -0.05) is 13.8 Å². The summed E-state index contributed by atoms with van der Waals surface area (Å²) in [7, 11) is 1.89. The average Bonchev–Trinajstić information content (AvgIpc) is 2.85. The standard InChI is InChI=1S/C9H10N4.C2H6/c1-10-8-2-4-9(5-3-8)13-11-6-7-12-13;1-2/h2-7,10H,1H3;1-2H3. The first-order chi connectivity index (χ1) is 7.40. The van der Waals surface area contributed by atoms with Crippen LogP contribution in [0.4, 0.5) is 5.69 Å². The third-order valence-electron chi connectivity index (χ3n) is 1.81. The minimum atomic E-state index is 0.962. The molecule has 0 fully saturated rings. The van der Waals surface area contributed by atoms with Gasteiger partial charge in [-0.3, -0.25) is 0 Å². The highest BCUT2D eigenvalue weighted by atomic mass is 15.5. The summed E-state index contributed by atoms with van der Waals surface area (Å²) >= 11 is 0. The number of aromatic nitrogens is 3. The highest BCUT2D eigenvalue weighted by Gasteiger charge is 1.95. The lowest BCUT2D eigenvalue weighted by Gasteiger charge is -2.01. The first kappa shape index (κ1) is 11.2. The van der Waals surface area contributed by atoms with Crippen molar-refractivity contribution in [3.05, 3.63) is 36.7 Å². The molecule has 0 aliphatic rings. The molecular formula is C11H16N4. The van der Waals surface area contributed by atoms with Gasteiger partial charge in [0, 0.05) is 12.7 Å². The van der Waals surface area contributed by atoms with Gasteiger partial charge in [-0.25, -0.2) is 0 Å². The Labute approximate surface area is 89.9 Å². The van der Waals surface area contributed by atoms with Crippen LogP contribution in [0.3, 0.4) is 0 Å². The second-order valence-electron chi connectivity index (χ2n) is 2.62. The smallest absolute Gasteiger partial charge is 0.0858 e. The van der Waals surface area contributed by atoms with E-state index in [9.17, 15) is 0 Å². The van der Waals surface area contributed by atoms with Crippen molar-refractivity contribution >= 4 is 5.69 Å². The lowest BCUT2D eigenvalue weighted by atomic mass is 10.3. The number of nitrogens with one attached hydrogen (secondary N) is 1. The van der Waals surface area contributed by atoms with Gasteiger partial charge in [-0.15, -0.1) is 0 Å². The molecule has 0 spiro atoms. The molecule has 0 aliphatic heterocycles. The van der Waals surface area contributed by atoms with Gasteiger partial charge in [0.05, 0.1) is 18.1 Å². The lowest BCUT2D eigenvalue weighted by molar-refractivity contribution is 0.752. The van der Waals surface area contributed by atoms with E-state index < -0.39 is 0 Å². The molecule has 0 radical (unpaired) electrons. The zero-order valence-electron chi connectivity index (χ0n) is 9.31. The summed E-state index contributed by atoms with van der Waals surface area (Å²) in [6.45, 7) is 4.00. The minimum Gasteiger partial charge on any atom is -0.388 e. The minimum absolute atomic E-state index is 0.962. The van der Waals surface area contributed by atoms with Crippen molar-refractivity contribution in [2.24, 2.45) is 0 Å². The second-order valence-corrected chi connectivity index (χ2v) is 2.62. The summed E-state index contributed by atoms with van der Waals surface area (Å²) < 4.78 is 0. The molecule has 2 aromatic rings. The summed E-state index contributed by atoms with van der Waals surface area (Å²) in [6.07, 6.45) is 3.32. The quantitative estimate of drug-likeness (QED) is 0.816. The van der Waals surface area contributed by atoms with E-state index >= 15 is 0 Å². The number of rotatable bonds is 2. The first-order valence-electron chi connectivity index (χ1n) is 5.04. The Morgan fingerprint density at radius 1 is 1.00 bits per heavy atom. The fourth-order valence-corrected chi connectivity index (χ4v) is 1.11. The summed E-state index contributed by atoms with van der Waals surface area (Å²) in [4.78, 5) is 1.58. The van der Waals surface area contributed by atoms with Crippen molar-refractivity contribution in [2.45, 2.75) is 13.8 Å². The number of hydrogen-bond acceptors (Lipinski definition) is 3. The number of anilines is 1. The molecule has 1 aromatic heterocycles. The van der Waals surface area contributed by atoms with Crippen molar-refractivity contribution in [3.8, 4) is 5.69 Å². The molecule has 1 N–H and O–H groups in total. The molecule has 0 saturated carbocycles. The van der Waals surface area contributed by atoms with Gasteiger partial charge in [0.2, 0.25) is 0 Å². The van der Waals surface area contributed by atoms with Gasteiger partial charge < -0.3 is 5.32 Å². The van der Waals surface area contributed by atoms with Crippen LogP contribution >= 0.6 is 0 Å². The van der Waals surface area contributed by atoms with Crippen molar-refractivity contribution in [1.29, 1.82) is 0 Å². The topological polar surface area (TPSA) is 42.7 Å². The van der Waals surface area contributed by atoms with Crippen LogP contribution in [-0.4, -0.2) is 22.0 Å². The van der Waals surface area contributed by atoms with E-state index in [1.165, 1.54) is 0 Å². The summed E-state index contributed by atoms with van der Waals surface area (Å²) in [6, 6.07) is 7.90. The van der Waals surface area contributed by atoms with Crippen LogP contribution < -0.4 is 5.32 Å². The third kappa shape index (κ3) is 2.80. The van der Waals surface area contributed by atoms with Gasteiger partial charge in [0.1, 0.15) is 0 Å². The van der Waals surface area contributed by atoms with Gasteiger partial charge in [0.15, 0.2) is 0 Å². The van der Waals surface area contributed by atoms with E-state index in [1.807, 2.05) is 45.2 Å². The largest absolute Gasteiger partial charge is 0.388 e. The Morgan fingerprint density at radius 3 is 2.00 bits per heavy atom. The zero-order valence-corrected chi connectivity index (χ0v) is 9.31. The third-order valence-corrected chi connectivity index (χ3v) is 1.81. The lowest BCUT2D eigenvalue weighted by Crippen LogP contribution is -1.98. The normalized spacial score (nSPS) is 9.00. The first-order valence-corrected chi connectivity index (χ1v) is 5.04. The molecule has 0 saturated heterocycles. The van der Waals surface area contributed by atoms with Gasteiger partial charge in [0.25, 0.3) is 0 Å². The molecule has 4 nitrogen and oxygen atoms in total. The summed E-state index contributed by atoms with van der Waals surface area (Å²) in [5, 5.41) is 11.1. The highest BCUT2D eigenvalue weighted by Crippen LogP contribution is 2.10. The number of nitrogens with zero attached hydrogens (tertiary/aromatic N) is 3. The van der Waals surface area contributed by atoms with E-state index in [-0.39, 0.29) is 0 Å². The Bertz CT molecular complexity index is 364. The molecular weight excluding hydrogens is 188 g/mol. The molecule has 1 heterocycles. The zero-order chi connectivity index (χ0) is 11.1. The Hall–Kier alpha value is -1.84. The van der Waals surface area contributed by atoms with Gasteiger partial charge in [-0.2, -0.15) is 15.0 Å². The predicted molar refractivity (Wildman–Crippen MR) is 62.3 cm³/mol. The van der Waals surface area contributed by atoms with Gasteiger partial charge >= 0.3 is 0 Å². The van der Waals surface area contributed by atoms with Gasteiger partial charge in [-0.05, 0) is 24.3 Å². The maximum absolute atomic E-state index is 4.03. The SMILES string of the molecule is CC.CNc1ccc(-n2nccn2)cc1. The highest BCUT2D eigenvalue weighted by molar-refractivity contribution is 5.47. The Morgan fingerprint density at radius 2 is 1.53 bits per heavy atom. The van der Waals surface area contributed by atoms with Crippen LogP contribution in [0.15, 0.2) is 36.7 Å². The average molecular weight is 204 g/mol. The van der Waals surface area contributed by atoms with Crippen molar-refractivity contribution in [2.75, 3.05) is 12.4 Å². The van der Waals surface area contributed by atoms with Crippen LogP contribution in [-0.2, 0) is 0 Å². The molecule has 0 unspecified atom stereocenters. The second kappa shape index (κ2) is 5.80. The van der Waals surface area contributed by atoms with Crippen LogP contribution in [0, 0.1) is 0 Å². The summed E-state index contributed by atoms with van der Waals surface area (Å²) in [5.41, 5.74) is 2.04. The predicted octanol–water partition coefficient (Wildman–Crippen LogP) is 2.34. The van der Waals surface area contributed by atoms with Crippen LogP contribution in [0.25, 0.3) is 5.69 Å². The molecule has 80 valence electrons. The number of hydrogen-bond donors (Lipinski definition) is 1. The van der Waals surface area contributed by atoms with Crippen LogP contribution in [0.5, 0.6) is 0 Å². The molecule has 0 amide bonds. The number of benzene rings is 1. The molecule has 1 aromatic carbocycles. The van der Waals surface area contributed by atoms with Crippen molar-refractivity contribution < 1.29 is 0 Å². The van der Waals surface area contributed by atoms with E-state index in [2.05, 4.69) is 15.5 Å². The Kier molecular flexibility index (Phi) is 4.34. The maximum atomic E-state index is 4.03. The fourth-order valence-electron chi connectivity index (χ4n) is 1.11. The van der Waals surface area contributed by atoms with E-state index in [1.54, 1.807) is 17.2 Å². The van der Waals surface area contributed by atoms with E-state index in [0.717, 1.165) is 11.4 Å². The summed E-state index contributed by atoms with van der Waals surface area (Å²) in [5.74, 6) is 0. The molecule has 0 atom stereocenters. The molecule has 2 rings (SSSR count). The molecule has 0 aliphatic carbocycles. The fraction of sp³-hybridized carbons (Fsp3) is 0.273. The molecule has 0 bridgehead atoms. The van der Waals surface area contributed by atoms with Crippen LogP contribution in [0.1, 0.15) is 13.8 Å². The molecule has 4 heteroatoms. The van der Waals surface area contributed by atoms with E-state index in [4.69, 9.17) is 0 Å². The maximum Gasteiger partial charge on any atom is 0.0858 e.